The van der Waals surface area contributed by atoms with E-state index in [2.05, 4.69) is 23.3 Å². The maximum atomic E-state index is 13.6. The number of hydrogen-bond donors (Lipinski definition) is 2. The Labute approximate surface area is 225 Å². The number of aromatic nitrogens is 1. The van der Waals surface area contributed by atoms with Gasteiger partial charge in [-0.25, -0.2) is 4.39 Å². The van der Waals surface area contributed by atoms with Gasteiger partial charge in [0.05, 0.1) is 31.8 Å². The van der Waals surface area contributed by atoms with Crippen molar-refractivity contribution < 1.29 is 38.8 Å². The van der Waals surface area contributed by atoms with Crippen molar-refractivity contribution in [3.63, 3.8) is 0 Å². The lowest BCUT2D eigenvalue weighted by Gasteiger charge is -2.15. The van der Waals surface area contributed by atoms with Crippen LogP contribution in [0.3, 0.4) is 0 Å². The quantitative estimate of drug-likeness (QED) is 0.125. The molecule has 11 heteroatoms. The Bertz CT molecular complexity index is 1270. The fourth-order valence-corrected chi connectivity index (χ4v) is 4.30. The van der Waals surface area contributed by atoms with Crippen molar-refractivity contribution >= 4 is 22.9 Å². The van der Waals surface area contributed by atoms with Crippen LogP contribution in [0.4, 0.5) is 4.39 Å². The topological polar surface area (TPSA) is 133 Å². The van der Waals surface area contributed by atoms with Crippen LogP contribution in [0.2, 0.25) is 0 Å². The van der Waals surface area contributed by atoms with Crippen LogP contribution in [0.5, 0.6) is 0 Å². The minimum absolute atomic E-state index is 0.0223. The Balaban J connectivity index is 1.64. The first-order valence-corrected chi connectivity index (χ1v) is 12.6. The number of rotatable bonds is 15. The van der Waals surface area contributed by atoms with Crippen molar-refractivity contribution in [1.29, 1.82) is 0 Å². The van der Waals surface area contributed by atoms with Crippen LogP contribution in [0, 0.1) is 15.9 Å². The summed E-state index contributed by atoms with van der Waals surface area (Å²) in [5.41, 5.74) is 3.56. The largest absolute Gasteiger partial charge is 0.463 e. The number of para-hydroxylation sites is 1. The monoisotopic (exact) mass is 544 g/mol. The number of fused-ring (bicyclic) bond motifs is 1. The number of esters is 1. The molecule has 10 nitrogen and oxygen atoms in total. The molecule has 1 aromatic heterocycles. The molecule has 0 bridgehead atoms. The van der Waals surface area contributed by atoms with Crippen LogP contribution in [0.15, 0.2) is 54.6 Å². The highest BCUT2D eigenvalue weighted by Gasteiger charge is 2.20. The number of hydrogen-bond acceptors (Lipinski definition) is 8. The molecule has 0 aliphatic rings. The van der Waals surface area contributed by atoms with Crippen molar-refractivity contribution in [2.24, 2.45) is 0 Å². The number of aliphatic hydroxyl groups excluding tert-OH is 2. The number of aliphatic hydroxyl groups is 2. The average molecular weight is 545 g/mol. The van der Waals surface area contributed by atoms with Crippen LogP contribution >= 0.6 is 0 Å². The number of benzene rings is 2. The Kier molecular flexibility index (Phi) is 11.0. The summed E-state index contributed by atoms with van der Waals surface area (Å²) >= 11 is 0. The van der Waals surface area contributed by atoms with E-state index in [4.69, 9.17) is 9.47 Å². The lowest BCUT2D eigenvalue weighted by molar-refractivity contribution is -0.758. The molecule has 1 heterocycles. The summed E-state index contributed by atoms with van der Waals surface area (Å²) in [6.45, 7) is 3.78. The molecule has 210 valence electrons. The molecule has 0 saturated carbocycles. The van der Waals surface area contributed by atoms with E-state index >= 15 is 0 Å². The van der Waals surface area contributed by atoms with Gasteiger partial charge in [-0.2, -0.15) is 0 Å². The van der Waals surface area contributed by atoms with Crippen molar-refractivity contribution in [2.45, 2.75) is 44.9 Å². The first-order chi connectivity index (χ1) is 18.7. The fraction of sp³-hybridized carbons (Fsp3) is 0.393. The van der Waals surface area contributed by atoms with Gasteiger partial charge >= 0.3 is 5.97 Å². The number of halogens is 1. The molecule has 0 aliphatic carbocycles. The van der Waals surface area contributed by atoms with E-state index in [1.54, 1.807) is 24.3 Å². The van der Waals surface area contributed by atoms with Crippen LogP contribution in [0.1, 0.15) is 38.4 Å². The van der Waals surface area contributed by atoms with Gasteiger partial charge in [-0.1, -0.05) is 36.4 Å². The second-order valence-electron chi connectivity index (χ2n) is 9.16. The standard InChI is InChI=1S/C28H33FN2O8/c1-19(2)30-25-6-4-3-5-24(25)28(20-7-9-21(29)10-8-20)26(30)12-11-22(32)17-23(33)18-27(34)38-15-13-37-14-16-39-31(35)36/h3-12,19,22-23,32-33H,13-18H2,1-2H3/t22-,23-/m0/s1. The zero-order chi connectivity index (χ0) is 28.4. The SMILES string of the molecule is CC(C)n1c(C=C[C@H](O)C[C@H](O)CC(=O)OCCOCCO[N+](=O)[O-])c(-c2ccc(F)cc2)c2ccccc21. The molecule has 2 atom stereocenters. The van der Waals surface area contributed by atoms with E-state index in [0.29, 0.717) is 0 Å². The molecule has 0 spiro atoms. The minimum atomic E-state index is -1.14. The van der Waals surface area contributed by atoms with Gasteiger partial charge in [0, 0.05) is 34.6 Å². The summed E-state index contributed by atoms with van der Waals surface area (Å²) in [6, 6.07) is 14.2. The molecule has 2 aromatic carbocycles. The van der Waals surface area contributed by atoms with Gasteiger partial charge in [-0.3, -0.25) is 4.79 Å². The van der Waals surface area contributed by atoms with E-state index in [-0.39, 0.29) is 51.1 Å². The lowest BCUT2D eigenvalue weighted by Crippen LogP contribution is -2.22. The fourth-order valence-electron chi connectivity index (χ4n) is 4.30. The van der Waals surface area contributed by atoms with E-state index < -0.39 is 23.3 Å². The Morgan fingerprint density at radius 3 is 2.46 bits per heavy atom. The molecular weight excluding hydrogens is 511 g/mol. The summed E-state index contributed by atoms with van der Waals surface area (Å²) in [7, 11) is 0. The third kappa shape index (κ3) is 8.60. The highest BCUT2D eigenvalue weighted by atomic mass is 19.1. The molecule has 2 N–H and O–H groups in total. The van der Waals surface area contributed by atoms with E-state index in [0.717, 1.165) is 27.7 Å². The number of carbonyl (C=O) groups is 1. The van der Waals surface area contributed by atoms with Gasteiger partial charge < -0.3 is 29.1 Å². The molecule has 0 amide bonds. The molecule has 3 aromatic rings. The Hall–Kier alpha value is -3.80. The number of carbonyl (C=O) groups excluding carboxylic acids is 1. The Morgan fingerprint density at radius 2 is 1.77 bits per heavy atom. The van der Waals surface area contributed by atoms with Crippen LogP contribution in [-0.2, 0) is 19.1 Å². The first-order valence-electron chi connectivity index (χ1n) is 12.6. The minimum Gasteiger partial charge on any atom is -0.463 e. The van der Waals surface area contributed by atoms with Crippen molar-refractivity contribution in [3.05, 3.63) is 76.2 Å². The van der Waals surface area contributed by atoms with Gasteiger partial charge in [-0.05, 0) is 43.7 Å². The summed E-state index contributed by atoms with van der Waals surface area (Å²) in [5, 5.41) is 31.0. The van der Waals surface area contributed by atoms with Crippen LogP contribution in [-0.4, -0.2) is 64.5 Å². The van der Waals surface area contributed by atoms with Crippen molar-refractivity contribution in [3.8, 4) is 11.1 Å². The third-order valence-electron chi connectivity index (χ3n) is 5.91. The molecular formula is C28H33FN2O8. The summed E-state index contributed by atoms with van der Waals surface area (Å²) in [4.78, 5) is 26.1. The normalized spacial score (nSPS) is 13.2. The van der Waals surface area contributed by atoms with Crippen LogP contribution in [0.25, 0.3) is 28.1 Å². The van der Waals surface area contributed by atoms with Gasteiger partial charge in [0.15, 0.2) is 0 Å². The van der Waals surface area contributed by atoms with Crippen LogP contribution < -0.4 is 0 Å². The van der Waals surface area contributed by atoms with Crippen molar-refractivity contribution in [1.82, 2.24) is 4.57 Å². The third-order valence-corrected chi connectivity index (χ3v) is 5.91. The van der Waals surface area contributed by atoms with E-state index in [1.165, 1.54) is 12.1 Å². The van der Waals surface area contributed by atoms with Crippen molar-refractivity contribution in [2.75, 3.05) is 26.4 Å². The average Bonchev–Trinajstić information content (AvgIpc) is 3.21. The molecule has 0 radical (unpaired) electrons. The molecule has 0 aliphatic heterocycles. The summed E-state index contributed by atoms with van der Waals surface area (Å²) in [6.07, 6.45) is 0.761. The highest BCUT2D eigenvalue weighted by Crippen LogP contribution is 2.38. The van der Waals surface area contributed by atoms with E-state index in [1.807, 2.05) is 24.3 Å². The van der Waals surface area contributed by atoms with Gasteiger partial charge in [0.25, 0.3) is 5.09 Å². The lowest BCUT2D eigenvalue weighted by atomic mass is 10.0. The number of ether oxygens (including phenoxy) is 2. The molecule has 3 rings (SSSR count). The first kappa shape index (κ1) is 29.8. The maximum absolute atomic E-state index is 13.6. The predicted molar refractivity (Wildman–Crippen MR) is 143 cm³/mol. The summed E-state index contributed by atoms with van der Waals surface area (Å²) < 4.78 is 25.8. The molecule has 0 saturated heterocycles. The van der Waals surface area contributed by atoms with Gasteiger partial charge in [-0.15, -0.1) is 10.1 Å². The molecule has 0 fully saturated rings. The second-order valence-corrected chi connectivity index (χ2v) is 9.16. The summed E-state index contributed by atoms with van der Waals surface area (Å²) in [5.74, 6) is -0.997. The smallest absolute Gasteiger partial charge is 0.308 e. The van der Waals surface area contributed by atoms with Gasteiger partial charge in [0.1, 0.15) is 19.0 Å². The zero-order valence-electron chi connectivity index (χ0n) is 21.9. The maximum Gasteiger partial charge on any atom is 0.308 e. The Morgan fingerprint density at radius 1 is 1.08 bits per heavy atom. The highest BCUT2D eigenvalue weighted by molar-refractivity contribution is 6.01. The van der Waals surface area contributed by atoms with E-state index in [9.17, 15) is 29.5 Å². The molecule has 0 unspecified atom stereocenters. The predicted octanol–water partition coefficient (Wildman–Crippen LogP) is 4.31. The number of nitrogens with zero attached hydrogens (tertiary/aromatic N) is 2. The second kappa shape index (κ2) is 14.4. The zero-order valence-corrected chi connectivity index (χ0v) is 21.9. The molecule has 39 heavy (non-hydrogen) atoms. The van der Waals surface area contributed by atoms with Gasteiger partial charge in [0.2, 0.25) is 0 Å².